The third-order valence-electron chi connectivity index (χ3n) is 3.88. The fraction of sp³-hybridized carbons (Fsp3) is 0.190. The molecule has 1 aromatic carbocycles. The van der Waals surface area contributed by atoms with E-state index in [1.807, 2.05) is 18.2 Å². The number of benzene rings is 1. The van der Waals surface area contributed by atoms with E-state index in [9.17, 15) is 0 Å². The molecule has 24 heavy (non-hydrogen) atoms. The number of hydrogen-bond donors (Lipinski definition) is 1. The average Bonchev–Trinajstić information content (AvgIpc) is 3.22. The predicted molar refractivity (Wildman–Crippen MR) is 105 cm³/mol. The van der Waals surface area contributed by atoms with Crippen LogP contribution in [0.2, 0.25) is 0 Å². The van der Waals surface area contributed by atoms with E-state index in [0.717, 1.165) is 29.2 Å². The van der Waals surface area contributed by atoms with Crippen LogP contribution in [-0.4, -0.2) is 9.97 Å². The number of nitrogens with zero attached hydrogens (tertiary/aromatic N) is 1. The third-order valence-corrected chi connectivity index (χ3v) is 5.11. The first-order valence-electron chi connectivity index (χ1n) is 8.25. The first-order valence-corrected chi connectivity index (χ1v) is 9.06. The lowest BCUT2D eigenvalue weighted by Crippen LogP contribution is -1.79. The number of hydrogen-bond acceptors (Lipinski definition) is 2. The third kappa shape index (κ3) is 3.57. The molecule has 0 spiro atoms. The molecule has 0 aliphatic rings. The molecule has 2 heterocycles. The normalized spacial score (nSPS) is 12.2. The molecule has 0 atom stereocenters. The van der Waals surface area contributed by atoms with Crippen LogP contribution < -0.4 is 0 Å². The number of aryl methyl sites for hydroxylation is 1. The van der Waals surface area contributed by atoms with Gasteiger partial charge in [-0.2, -0.15) is 0 Å². The summed E-state index contributed by atoms with van der Waals surface area (Å²) in [6, 6.07) is 14.6. The number of H-pyrrole nitrogens is 1. The maximum Gasteiger partial charge on any atom is 0.148 e. The molecule has 0 fully saturated rings. The molecule has 0 aliphatic heterocycles. The zero-order valence-electron chi connectivity index (χ0n) is 14.3. The van der Waals surface area contributed by atoms with Gasteiger partial charge in [0.1, 0.15) is 5.82 Å². The summed E-state index contributed by atoms with van der Waals surface area (Å²) in [5.74, 6) is 0.944. The van der Waals surface area contributed by atoms with Gasteiger partial charge in [0.25, 0.3) is 0 Å². The van der Waals surface area contributed by atoms with Crippen molar-refractivity contribution in [2.45, 2.75) is 27.2 Å². The number of imidazole rings is 1. The minimum atomic E-state index is 0.944. The minimum absolute atomic E-state index is 0.944. The largest absolute Gasteiger partial charge is 0.341 e. The second kappa shape index (κ2) is 7.45. The number of aromatic nitrogens is 2. The van der Waals surface area contributed by atoms with E-state index < -0.39 is 0 Å². The van der Waals surface area contributed by atoms with Gasteiger partial charge >= 0.3 is 0 Å². The van der Waals surface area contributed by atoms with Crippen molar-refractivity contribution in [2.24, 2.45) is 0 Å². The van der Waals surface area contributed by atoms with Crippen LogP contribution in [0.3, 0.4) is 0 Å². The number of aromatic amines is 1. The Morgan fingerprint density at radius 3 is 2.71 bits per heavy atom. The summed E-state index contributed by atoms with van der Waals surface area (Å²) in [4.78, 5) is 10.7. The topological polar surface area (TPSA) is 28.7 Å². The molecule has 2 aromatic heterocycles. The highest BCUT2D eigenvalue weighted by molar-refractivity contribution is 7.16. The molecule has 2 nitrogen and oxygen atoms in total. The lowest BCUT2D eigenvalue weighted by molar-refractivity contribution is 1.22. The van der Waals surface area contributed by atoms with Crippen LogP contribution >= 0.6 is 11.3 Å². The monoisotopic (exact) mass is 334 g/mol. The predicted octanol–water partition coefficient (Wildman–Crippen LogP) is 6.48. The highest BCUT2D eigenvalue weighted by atomic mass is 32.1. The van der Waals surface area contributed by atoms with Gasteiger partial charge < -0.3 is 4.98 Å². The van der Waals surface area contributed by atoms with Crippen LogP contribution in [0.15, 0.2) is 60.7 Å². The van der Waals surface area contributed by atoms with Crippen molar-refractivity contribution in [3.8, 4) is 22.0 Å². The Kier molecular flexibility index (Phi) is 5.11. The van der Waals surface area contributed by atoms with Gasteiger partial charge in [0, 0.05) is 16.1 Å². The van der Waals surface area contributed by atoms with Gasteiger partial charge in [-0.3, -0.25) is 0 Å². The zero-order chi connectivity index (χ0) is 16.9. The Bertz CT molecular complexity index is 866. The van der Waals surface area contributed by atoms with Crippen molar-refractivity contribution < 1.29 is 0 Å². The van der Waals surface area contributed by atoms with Gasteiger partial charge in [0.2, 0.25) is 0 Å². The molecule has 0 bridgehead atoms. The van der Waals surface area contributed by atoms with E-state index in [4.69, 9.17) is 4.98 Å². The van der Waals surface area contributed by atoms with Crippen molar-refractivity contribution in [1.29, 1.82) is 0 Å². The fourth-order valence-electron chi connectivity index (χ4n) is 2.56. The van der Waals surface area contributed by atoms with Gasteiger partial charge in [-0.05, 0) is 38.0 Å². The first kappa shape index (κ1) is 16.5. The summed E-state index contributed by atoms with van der Waals surface area (Å²) in [6.45, 7) is 6.37. The molecule has 0 saturated heterocycles. The van der Waals surface area contributed by atoms with E-state index in [-0.39, 0.29) is 0 Å². The van der Waals surface area contributed by atoms with Crippen molar-refractivity contribution in [3.63, 3.8) is 0 Å². The lowest BCUT2D eigenvalue weighted by Gasteiger charge is -1.96. The molecular formula is C21H22N2S. The molecule has 0 unspecified atom stereocenters. The molecule has 0 amide bonds. The molecule has 3 heteroatoms. The van der Waals surface area contributed by atoms with E-state index in [1.54, 1.807) is 11.3 Å². The second-order valence-electron chi connectivity index (χ2n) is 5.78. The SMILES string of the molecule is CC/C=C\C=C(/C)c1ccc(-c2nc(-c3ccccc3)c(C)[nH]2)s1. The van der Waals surface area contributed by atoms with E-state index in [0.29, 0.717) is 0 Å². The molecule has 122 valence electrons. The van der Waals surface area contributed by atoms with Gasteiger partial charge in [0.15, 0.2) is 0 Å². The molecule has 1 N–H and O–H groups in total. The zero-order valence-corrected chi connectivity index (χ0v) is 15.2. The van der Waals surface area contributed by atoms with E-state index in [1.165, 1.54) is 15.3 Å². The summed E-state index contributed by atoms with van der Waals surface area (Å²) in [5.41, 5.74) is 4.56. The Morgan fingerprint density at radius 1 is 1.17 bits per heavy atom. The van der Waals surface area contributed by atoms with Gasteiger partial charge in [-0.15, -0.1) is 11.3 Å². The Hall–Kier alpha value is -2.39. The first-order chi connectivity index (χ1) is 11.7. The molecule has 0 aliphatic carbocycles. The summed E-state index contributed by atoms with van der Waals surface area (Å²) in [5, 5.41) is 0. The molecule has 0 saturated carbocycles. The molecule has 0 radical (unpaired) electrons. The van der Waals surface area contributed by atoms with Crippen LogP contribution in [-0.2, 0) is 0 Å². The van der Waals surface area contributed by atoms with Gasteiger partial charge in [-0.25, -0.2) is 4.98 Å². The highest BCUT2D eigenvalue weighted by Gasteiger charge is 2.12. The minimum Gasteiger partial charge on any atom is -0.341 e. The lowest BCUT2D eigenvalue weighted by atomic mass is 10.1. The fourth-order valence-corrected chi connectivity index (χ4v) is 3.49. The van der Waals surface area contributed by atoms with E-state index >= 15 is 0 Å². The summed E-state index contributed by atoms with van der Waals surface area (Å²) in [6.07, 6.45) is 7.52. The Balaban J connectivity index is 1.89. The van der Waals surface area contributed by atoms with Crippen LogP contribution in [0.25, 0.3) is 27.5 Å². The number of thiophene rings is 1. The van der Waals surface area contributed by atoms with Crippen LogP contribution in [0.1, 0.15) is 30.8 Å². The van der Waals surface area contributed by atoms with Crippen molar-refractivity contribution in [1.82, 2.24) is 9.97 Å². The maximum absolute atomic E-state index is 4.82. The number of allylic oxidation sites excluding steroid dienone is 4. The average molecular weight is 334 g/mol. The van der Waals surface area contributed by atoms with Crippen LogP contribution in [0, 0.1) is 6.92 Å². The van der Waals surface area contributed by atoms with Crippen LogP contribution in [0.4, 0.5) is 0 Å². The number of rotatable bonds is 5. The smallest absolute Gasteiger partial charge is 0.148 e. The summed E-state index contributed by atoms with van der Waals surface area (Å²) < 4.78 is 0. The molecular weight excluding hydrogens is 312 g/mol. The quantitative estimate of drug-likeness (QED) is 0.531. The van der Waals surface area contributed by atoms with Crippen molar-refractivity contribution in [2.75, 3.05) is 0 Å². The maximum atomic E-state index is 4.82. The molecule has 3 aromatic rings. The number of nitrogens with one attached hydrogen (secondary N) is 1. The van der Waals surface area contributed by atoms with Gasteiger partial charge in [0.05, 0.1) is 10.6 Å². The Labute approximate surface area is 147 Å². The standard InChI is InChI=1S/C21H22N2S/c1-4-5-7-10-15(2)18-13-14-19(24-18)21-22-16(3)20(23-21)17-11-8-6-9-12-17/h5-14H,4H2,1-3H3,(H,22,23)/b7-5-,15-10+. The molecule has 3 rings (SSSR count). The van der Waals surface area contributed by atoms with Crippen LogP contribution in [0.5, 0.6) is 0 Å². The highest BCUT2D eigenvalue weighted by Crippen LogP contribution is 2.32. The van der Waals surface area contributed by atoms with Gasteiger partial charge in [-0.1, -0.05) is 55.5 Å². The van der Waals surface area contributed by atoms with Crippen molar-refractivity contribution >= 4 is 16.9 Å². The van der Waals surface area contributed by atoms with Crippen molar-refractivity contribution in [3.05, 3.63) is 71.3 Å². The summed E-state index contributed by atoms with van der Waals surface area (Å²) >= 11 is 1.77. The Morgan fingerprint density at radius 2 is 1.96 bits per heavy atom. The van der Waals surface area contributed by atoms with E-state index in [2.05, 4.69) is 68.2 Å². The second-order valence-corrected chi connectivity index (χ2v) is 6.86. The summed E-state index contributed by atoms with van der Waals surface area (Å²) in [7, 11) is 0.